The number of pyridine rings is 1. The zero-order chi connectivity index (χ0) is 20.1. The Morgan fingerprint density at radius 3 is 2.45 bits per heavy atom. The van der Waals surface area contributed by atoms with E-state index in [0.29, 0.717) is 6.61 Å². The predicted octanol–water partition coefficient (Wildman–Crippen LogP) is 4.96. The van der Waals surface area contributed by atoms with E-state index < -0.39 is 0 Å². The number of nitrogens with one attached hydrogen (secondary N) is 1. The van der Waals surface area contributed by atoms with Gasteiger partial charge in [-0.1, -0.05) is 55.0 Å². The zero-order valence-electron chi connectivity index (χ0n) is 16.7. The van der Waals surface area contributed by atoms with Crippen LogP contribution in [0, 0.1) is 0 Å². The highest BCUT2D eigenvalue weighted by Crippen LogP contribution is 2.44. The molecule has 1 amide bonds. The van der Waals surface area contributed by atoms with Gasteiger partial charge in [-0.2, -0.15) is 0 Å². The van der Waals surface area contributed by atoms with Crippen molar-refractivity contribution < 1.29 is 9.53 Å². The van der Waals surface area contributed by atoms with Gasteiger partial charge in [0, 0.05) is 18.0 Å². The van der Waals surface area contributed by atoms with Gasteiger partial charge < -0.3 is 10.1 Å². The lowest BCUT2D eigenvalue weighted by atomic mass is 9.63. The zero-order valence-corrected chi connectivity index (χ0v) is 16.7. The van der Waals surface area contributed by atoms with E-state index in [-0.39, 0.29) is 17.4 Å². The molecule has 1 aliphatic carbocycles. The smallest absolute Gasteiger partial charge is 0.231 e. The van der Waals surface area contributed by atoms with E-state index in [2.05, 4.69) is 22.4 Å². The maximum absolute atomic E-state index is 13.1. The van der Waals surface area contributed by atoms with Crippen molar-refractivity contribution in [2.24, 2.45) is 0 Å². The average molecular weight is 386 g/mol. The normalized spacial score (nSPS) is 15.8. The lowest BCUT2D eigenvalue weighted by Crippen LogP contribution is -2.49. The van der Waals surface area contributed by atoms with Crippen LogP contribution in [0.25, 0.3) is 0 Å². The molecule has 0 radical (unpaired) electrons. The molecule has 29 heavy (non-hydrogen) atoms. The largest absolute Gasteiger partial charge is 0.489 e. The molecule has 4 rings (SSSR count). The van der Waals surface area contributed by atoms with Crippen molar-refractivity contribution in [1.82, 2.24) is 10.3 Å². The molecule has 1 aliphatic rings. The van der Waals surface area contributed by atoms with Gasteiger partial charge in [-0.15, -0.1) is 0 Å². The van der Waals surface area contributed by atoms with Crippen LogP contribution < -0.4 is 10.1 Å². The van der Waals surface area contributed by atoms with Crippen LogP contribution in [0.1, 0.15) is 48.9 Å². The fraction of sp³-hybridized carbons (Fsp3) is 0.280. The molecule has 1 saturated carbocycles. The molecule has 1 atom stereocenters. The van der Waals surface area contributed by atoms with Gasteiger partial charge in [0.1, 0.15) is 12.4 Å². The number of aromatic nitrogens is 1. The highest BCUT2D eigenvalue weighted by Gasteiger charge is 2.45. The summed E-state index contributed by atoms with van der Waals surface area (Å²) in [5, 5.41) is 3.23. The Balaban J connectivity index is 1.38. The number of benzene rings is 2. The minimum Gasteiger partial charge on any atom is -0.489 e. The Morgan fingerprint density at radius 2 is 1.83 bits per heavy atom. The minimum atomic E-state index is -0.373. The van der Waals surface area contributed by atoms with E-state index in [1.54, 1.807) is 12.4 Å². The second-order valence-electron chi connectivity index (χ2n) is 7.72. The summed E-state index contributed by atoms with van der Waals surface area (Å²) in [4.78, 5) is 17.2. The molecule has 148 valence electrons. The molecule has 1 N–H and O–H groups in total. The summed E-state index contributed by atoms with van der Waals surface area (Å²) < 4.78 is 5.82. The second-order valence-corrected chi connectivity index (χ2v) is 7.72. The third kappa shape index (κ3) is 4.16. The average Bonchev–Trinajstić information content (AvgIpc) is 2.73. The lowest BCUT2D eigenvalue weighted by molar-refractivity contribution is -0.130. The molecule has 1 unspecified atom stereocenters. The lowest BCUT2D eigenvalue weighted by Gasteiger charge is -2.41. The van der Waals surface area contributed by atoms with Crippen LogP contribution in [0.4, 0.5) is 0 Å². The van der Waals surface area contributed by atoms with Crippen molar-refractivity contribution in [1.29, 1.82) is 0 Å². The highest BCUT2D eigenvalue weighted by atomic mass is 16.5. The van der Waals surface area contributed by atoms with Gasteiger partial charge in [-0.3, -0.25) is 9.78 Å². The Bertz CT molecular complexity index is 936. The van der Waals surface area contributed by atoms with Crippen molar-refractivity contribution in [2.45, 2.75) is 44.2 Å². The summed E-state index contributed by atoms with van der Waals surface area (Å²) in [5.41, 5.74) is 2.84. The Morgan fingerprint density at radius 1 is 1.07 bits per heavy atom. The molecular weight excluding hydrogens is 360 g/mol. The molecule has 0 saturated heterocycles. The fourth-order valence-corrected chi connectivity index (χ4v) is 3.86. The molecule has 1 heterocycles. The number of hydrogen-bond acceptors (Lipinski definition) is 3. The summed E-state index contributed by atoms with van der Waals surface area (Å²) in [6, 6.07) is 21.9. The van der Waals surface area contributed by atoms with Crippen LogP contribution in [-0.4, -0.2) is 10.9 Å². The number of carbonyl (C=O) groups excluding carboxylic acids is 1. The first-order chi connectivity index (χ1) is 14.2. The standard InChI is InChI=1S/C25H26N2O2/c1-19(27-24(28)25(14-6-15-25)22-8-3-2-4-9-22)21-10-12-23(13-11-21)29-18-20-7-5-16-26-17-20/h2-5,7-13,16-17,19H,6,14-15,18H2,1H3,(H,27,28). The number of rotatable bonds is 7. The van der Waals surface area contributed by atoms with Gasteiger partial charge >= 0.3 is 0 Å². The fourth-order valence-electron chi connectivity index (χ4n) is 3.86. The number of amides is 1. The Hall–Kier alpha value is -3.14. The molecule has 4 nitrogen and oxygen atoms in total. The van der Waals surface area contributed by atoms with Crippen LogP contribution >= 0.6 is 0 Å². The monoisotopic (exact) mass is 386 g/mol. The first-order valence-corrected chi connectivity index (χ1v) is 10.2. The molecule has 4 heteroatoms. The van der Waals surface area contributed by atoms with Crippen LogP contribution in [-0.2, 0) is 16.8 Å². The van der Waals surface area contributed by atoms with Crippen LogP contribution in [0.3, 0.4) is 0 Å². The van der Waals surface area contributed by atoms with Crippen molar-refractivity contribution in [3.63, 3.8) is 0 Å². The first-order valence-electron chi connectivity index (χ1n) is 10.2. The van der Waals surface area contributed by atoms with Crippen molar-refractivity contribution in [2.75, 3.05) is 0 Å². The van der Waals surface area contributed by atoms with Gasteiger partial charge in [0.25, 0.3) is 0 Å². The Labute approximate surface area is 172 Å². The molecule has 0 bridgehead atoms. The van der Waals surface area contributed by atoms with Crippen molar-refractivity contribution in [3.8, 4) is 5.75 Å². The SMILES string of the molecule is CC(NC(=O)C1(c2ccccc2)CCC1)c1ccc(OCc2cccnc2)cc1. The van der Waals surface area contributed by atoms with Crippen LogP contribution in [0.15, 0.2) is 79.1 Å². The van der Waals surface area contributed by atoms with E-state index in [9.17, 15) is 4.79 Å². The van der Waals surface area contributed by atoms with Gasteiger partial charge in [0.15, 0.2) is 0 Å². The van der Waals surface area contributed by atoms with Gasteiger partial charge in [0.2, 0.25) is 5.91 Å². The van der Waals surface area contributed by atoms with E-state index in [1.807, 2.05) is 61.5 Å². The summed E-state index contributed by atoms with van der Waals surface area (Å²) in [7, 11) is 0. The number of nitrogens with zero attached hydrogens (tertiary/aromatic N) is 1. The molecule has 2 aromatic carbocycles. The molecule has 0 aliphatic heterocycles. The van der Waals surface area contributed by atoms with Gasteiger partial charge in [-0.05, 0) is 49.1 Å². The quantitative estimate of drug-likeness (QED) is 0.624. The van der Waals surface area contributed by atoms with E-state index >= 15 is 0 Å². The number of ether oxygens (including phenoxy) is 1. The predicted molar refractivity (Wildman–Crippen MR) is 114 cm³/mol. The molecule has 0 spiro atoms. The van der Waals surface area contributed by atoms with Crippen molar-refractivity contribution >= 4 is 5.91 Å². The van der Waals surface area contributed by atoms with E-state index in [0.717, 1.165) is 41.7 Å². The molecule has 1 aromatic heterocycles. The van der Waals surface area contributed by atoms with Crippen LogP contribution in [0.2, 0.25) is 0 Å². The third-order valence-electron chi connectivity index (χ3n) is 5.82. The van der Waals surface area contributed by atoms with Gasteiger partial charge in [-0.25, -0.2) is 0 Å². The van der Waals surface area contributed by atoms with Crippen molar-refractivity contribution in [3.05, 3.63) is 95.8 Å². The minimum absolute atomic E-state index is 0.0592. The second kappa shape index (κ2) is 8.48. The molecule has 3 aromatic rings. The maximum atomic E-state index is 13.1. The van der Waals surface area contributed by atoms with Gasteiger partial charge in [0.05, 0.1) is 11.5 Å². The summed E-state index contributed by atoms with van der Waals surface area (Å²) >= 11 is 0. The number of carbonyl (C=O) groups is 1. The first kappa shape index (κ1) is 19.2. The highest BCUT2D eigenvalue weighted by molar-refractivity contribution is 5.89. The molecule has 1 fully saturated rings. The third-order valence-corrected chi connectivity index (χ3v) is 5.82. The van der Waals surface area contributed by atoms with E-state index in [4.69, 9.17) is 4.74 Å². The summed E-state index contributed by atoms with van der Waals surface area (Å²) in [6.45, 7) is 2.51. The van der Waals surface area contributed by atoms with E-state index in [1.165, 1.54) is 0 Å². The Kier molecular flexibility index (Phi) is 5.61. The maximum Gasteiger partial charge on any atom is 0.231 e. The molecular formula is C25H26N2O2. The summed E-state index contributed by atoms with van der Waals surface area (Å²) in [6.07, 6.45) is 6.47. The van der Waals surface area contributed by atoms with Crippen LogP contribution in [0.5, 0.6) is 5.75 Å². The summed E-state index contributed by atoms with van der Waals surface area (Å²) in [5.74, 6) is 0.926. The number of hydrogen-bond donors (Lipinski definition) is 1. The topological polar surface area (TPSA) is 51.2 Å².